The number of hydrogen-bond donors (Lipinski definition) is 0. The van der Waals surface area contributed by atoms with Gasteiger partial charge in [0.25, 0.3) is 5.56 Å². The Morgan fingerprint density at radius 3 is 2.55 bits per heavy atom. The number of methoxy groups -OCH3 is 1. The van der Waals surface area contributed by atoms with E-state index in [2.05, 4.69) is 16.8 Å². The summed E-state index contributed by atoms with van der Waals surface area (Å²) < 4.78 is 6.70. The van der Waals surface area contributed by atoms with Crippen molar-refractivity contribution in [1.82, 2.24) is 9.47 Å². The molecule has 1 aromatic rings. The Hall–Kier alpha value is -1.66. The molecule has 0 unspecified atom stereocenters. The van der Waals surface area contributed by atoms with Crippen molar-refractivity contribution in [1.29, 1.82) is 0 Å². The van der Waals surface area contributed by atoms with Crippen molar-refractivity contribution in [2.75, 3.05) is 51.8 Å². The predicted molar refractivity (Wildman–Crippen MR) is 87.0 cm³/mol. The Bertz CT molecular complexity index is 575. The molecule has 1 saturated heterocycles. The summed E-state index contributed by atoms with van der Waals surface area (Å²) in [6, 6.07) is 1.96. The zero-order valence-corrected chi connectivity index (χ0v) is 13.7. The largest absolute Gasteiger partial charge is 0.385 e. The molecular weight excluding hydrogens is 282 g/mol. The normalized spacial score (nSPS) is 16.0. The predicted octanol–water partition coefficient (Wildman–Crippen LogP) is 0.758. The molecule has 2 rings (SSSR count). The number of aryl methyl sites for hydroxylation is 1. The molecule has 1 aliphatic rings. The van der Waals surface area contributed by atoms with Gasteiger partial charge in [0.2, 0.25) is 0 Å². The number of nitrogens with zero attached hydrogens (tertiary/aromatic N) is 3. The highest BCUT2D eigenvalue weighted by atomic mass is 16.5. The topological polar surface area (TPSA) is 54.8 Å². The lowest BCUT2D eigenvalue weighted by molar-refractivity contribution is 0.112. The lowest BCUT2D eigenvalue weighted by Gasteiger charge is -2.35. The van der Waals surface area contributed by atoms with E-state index in [1.165, 1.54) is 0 Å². The number of aldehydes is 1. The number of pyridine rings is 1. The summed E-state index contributed by atoms with van der Waals surface area (Å²) in [5, 5.41) is 0. The van der Waals surface area contributed by atoms with Crippen LogP contribution in [0.3, 0.4) is 0 Å². The zero-order chi connectivity index (χ0) is 16.1. The van der Waals surface area contributed by atoms with Crippen molar-refractivity contribution in [3.8, 4) is 0 Å². The second-order valence-corrected chi connectivity index (χ2v) is 5.80. The molecule has 0 aromatic carbocycles. The second-order valence-electron chi connectivity index (χ2n) is 5.80. The maximum atomic E-state index is 12.6. The van der Waals surface area contributed by atoms with E-state index in [1.54, 1.807) is 11.7 Å². The molecular formula is C16H25N3O3. The maximum Gasteiger partial charge on any atom is 0.263 e. The van der Waals surface area contributed by atoms with Gasteiger partial charge in [-0.05, 0) is 26.5 Å². The number of hydrogen-bond acceptors (Lipinski definition) is 5. The summed E-state index contributed by atoms with van der Waals surface area (Å²) in [5.41, 5.74) is 1.74. The number of aromatic nitrogens is 1. The Labute approximate surface area is 131 Å². The summed E-state index contributed by atoms with van der Waals surface area (Å²) in [7, 11) is 3.72. The van der Waals surface area contributed by atoms with Gasteiger partial charge in [-0.25, -0.2) is 0 Å². The van der Waals surface area contributed by atoms with Crippen molar-refractivity contribution in [3.63, 3.8) is 0 Å². The summed E-state index contributed by atoms with van der Waals surface area (Å²) in [5.74, 6) is 0. The minimum absolute atomic E-state index is 0.194. The lowest BCUT2D eigenvalue weighted by Crippen LogP contribution is -2.45. The van der Waals surface area contributed by atoms with Gasteiger partial charge in [-0.15, -0.1) is 0 Å². The molecule has 0 aliphatic carbocycles. The van der Waals surface area contributed by atoms with Crippen LogP contribution < -0.4 is 10.5 Å². The highest BCUT2D eigenvalue weighted by Gasteiger charge is 2.20. The van der Waals surface area contributed by atoms with E-state index in [4.69, 9.17) is 4.74 Å². The fraction of sp³-hybridized carbons (Fsp3) is 0.625. The zero-order valence-electron chi connectivity index (χ0n) is 13.7. The van der Waals surface area contributed by atoms with Gasteiger partial charge in [-0.1, -0.05) is 0 Å². The van der Waals surface area contributed by atoms with E-state index < -0.39 is 0 Å². The Morgan fingerprint density at radius 2 is 1.95 bits per heavy atom. The molecule has 0 N–H and O–H groups in total. The molecule has 0 atom stereocenters. The monoisotopic (exact) mass is 307 g/mol. The summed E-state index contributed by atoms with van der Waals surface area (Å²) >= 11 is 0. The number of likely N-dealkylation sites (N-methyl/N-ethyl adjacent to an activating group) is 1. The molecule has 0 amide bonds. The third-order valence-electron chi connectivity index (χ3n) is 4.21. The molecule has 0 saturated carbocycles. The molecule has 1 aliphatic heterocycles. The van der Waals surface area contributed by atoms with Gasteiger partial charge >= 0.3 is 0 Å². The van der Waals surface area contributed by atoms with Gasteiger partial charge in [0.05, 0.1) is 5.69 Å². The van der Waals surface area contributed by atoms with Gasteiger partial charge in [-0.3, -0.25) is 9.59 Å². The number of ether oxygens (including phenoxy) is 1. The quantitative estimate of drug-likeness (QED) is 0.574. The smallest absolute Gasteiger partial charge is 0.263 e. The average Bonchev–Trinajstić information content (AvgIpc) is 2.51. The second kappa shape index (κ2) is 7.56. The van der Waals surface area contributed by atoms with Gasteiger partial charge in [0.15, 0.2) is 6.29 Å². The maximum absolute atomic E-state index is 12.6. The molecule has 0 bridgehead atoms. The van der Waals surface area contributed by atoms with Crippen molar-refractivity contribution in [3.05, 3.63) is 27.7 Å². The van der Waals surface area contributed by atoms with Gasteiger partial charge in [0, 0.05) is 52.1 Å². The Balaban J connectivity index is 2.32. The van der Waals surface area contributed by atoms with Crippen LogP contribution >= 0.6 is 0 Å². The molecule has 0 spiro atoms. The number of carbonyl (C=O) groups is 1. The van der Waals surface area contributed by atoms with Crippen molar-refractivity contribution in [2.45, 2.75) is 19.9 Å². The fourth-order valence-corrected chi connectivity index (χ4v) is 2.83. The van der Waals surface area contributed by atoms with E-state index in [0.29, 0.717) is 19.4 Å². The third-order valence-corrected chi connectivity index (χ3v) is 4.21. The van der Waals surface area contributed by atoms with E-state index in [-0.39, 0.29) is 11.1 Å². The highest BCUT2D eigenvalue weighted by Crippen LogP contribution is 2.20. The first kappa shape index (κ1) is 16.7. The summed E-state index contributed by atoms with van der Waals surface area (Å²) in [6.07, 6.45) is 1.45. The SMILES string of the molecule is COCCCn1c(C)cc(N2CCN(C)CC2)c(C=O)c1=O. The van der Waals surface area contributed by atoms with Gasteiger partial charge in [0.1, 0.15) is 5.56 Å². The van der Waals surface area contributed by atoms with Crippen LogP contribution in [0.4, 0.5) is 5.69 Å². The van der Waals surface area contributed by atoms with Crippen LogP contribution in [0.5, 0.6) is 0 Å². The summed E-state index contributed by atoms with van der Waals surface area (Å²) in [6.45, 7) is 6.64. The number of anilines is 1. The lowest BCUT2D eigenvalue weighted by atomic mass is 10.1. The fourth-order valence-electron chi connectivity index (χ4n) is 2.83. The third kappa shape index (κ3) is 3.56. The first-order valence-corrected chi connectivity index (χ1v) is 7.70. The van der Waals surface area contributed by atoms with E-state index in [0.717, 1.165) is 44.0 Å². The van der Waals surface area contributed by atoms with Gasteiger partial charge in [-0.2, -0.15) is 0 Å². The summed E-state index contributed by atoms with van der Waals surface area (Å²) in [4.78, 5) is 28.5. The molecule has 0 radical (unpaired) electrons. The molecule has 6 nitrogen and oxygen atoms in total. The van der Waals surface area contributed by atoms with Crippen LogP contribution in [-0.2, 0) is 11.3 Å². The molecule has 6 heteroatoms. The van der Waals surface area contributed by atoms with Crippen LogP contribution in [0.1, 0.15) is 22.5 Å². The molecule has 22 heavy (non-hydrogen) atoms. The standard InChI is InChI=1S/C16H25N3O3/c1-13-11-15(18-8-6-17(2)7-9-18)14(12-20)16(21)19(13)5-4-10-22-3/h11-12H,4-10H2,1-3H3. The van der Waals surface area contributed by atoms with Crippen LogP contribution in [-0.4, -0.2) is 62.7 Å². The molecule has 122 valence electrons. The molecule has 2 heterocycles. The minimum Gasteiger partial charge on any atom is -0.385 e. The number of rotatable bonds is 6. The average molecular weight is 307 g/mol. The van der Waals surface area contributed by atoms with Crippen LogP contribution in [0.15, 0.2) is 10.9 Å². The van der Waals surface area contributed by atoms with Crippen LogP contribution in [0.2, 0.25) is 0 Å². The number of carbonyl (C=O) groups excluding carboxylic acids is 1. The molecule has 1 aromatic heterocycles. The first-order chi connectivity index (χ1) is 10.6. The van der Waals surface area contributed by atoms with Gasteiger partial charge < -0.3 is 19.1 Å². The number of piperazine rings is 1. The Kier molecular flexibility index (Phi) is 5.74. The first-order valence-electron chi connectivity index (χ1n) is 7.70. The van der Waals surface area contributed by atoms with Crippen LogP contribution in [0.25, 0.3) is 0 Å². The van der Waals surface area contributed by atoms with Crippen molar-refractivity contribution >= 4 is 12.0 Å². The molecule has 1 fully saturated rings. The van der Waals surface area contributed by atoms with Crippen LogP contribution in [0, 0.1) is 6.92 Å². The van der Waals surface area contributed by atoms with E-state index in [1.807, 2.05) is 13.0 Å². The van der Waals surface area contributed by atoms with E-state index >= 15 is 0 Å². The van der Waals surface area contributed by atoms with Crippen molar-refractivity contribution < 1.29 is 9.53 Å². The Morgan fingerprint density at radius 1 is 1.27 bits per heavy atom. The highest BCUT2D eigenvalue weighted by molar-refractivity contribution is 5.84. The van der Waals surface area contributed by atoms with E-state index in [9.17, 15) is 9.59 Å². The van der Waals surface area contributed by atoms with Crippen molar-refractivity contribution in [2.24, 2.45) is 0 Å². The minimum atomic E-state index is -0.194.